The number of carbonyl (C=O) groups is 2. The summed E-state index contributed by atoms with van der Waals surface area (Å²) in [5.74, 6) is -2.26. The first-order valence-electron chi connectivity index (χ1n) is 11.2. The van der Waals surface area contributed by atoms with Crippen molar-refractivity contribution in [1.82, 2.24) is 0 Å². The van der Waals surface area contributed by atoms with Crippen molar-refractivity contribution in [2.75, 3.05) is 11.5 Å². The summed E-state index contributed by atoms with van der Waals surface area (Å²) in [5, 5.41) is 12.9. The zero-order chi connectivity index (χ0) is 24.5. The van der Waals surface area contributed by atoms with Crippen LogP contribution in [-0.4, -0.2) is 30.2 Å². The SMILES string of the molecule is N#CCOc1ccc(C2=NO[C@H]3[C@H]4C[C@@H]([C@@H]23)[C@@H]2C(=O)N(c3cccc(C(F)(F)F)c3)C(=O)[C@H]42)cc1. The van der Waals surface area contributed by atoms with Crippen molar-refractivity contribution in [3.8, 4) is 11.8 Å². The fraction of sp³-hybridized carbons (Fsp3) is 0.360. The van der Waals surface area contributed by atoms with E-state index in [-0.39, 0.29) is 36.2 Å². The Morgan fingerprint density at radius 1 is 1.06 bits per heavy atom. The number of amides is 2. The predicted octanol–water partition coefficient (Wildman–Crippen LogP) is 3.78. The molecule has 6 atom stereocenters. The lowest BCUT2D eigenvalue weighted by atomic mass is 9.71. The van der Waals surface area contributed by atoms with Crippen molar-refractivity contribution in [2.45, 2.75) is 18.7 Å². The molecule has 2 aromatic rings. The van der Waals surface area contributed by atoms with Crippen molar-refractivity contribution in [3.05, 3.63) is 59.7 Å². The summed E-state index contributed by atoms with van der Waals surface area (Å²) in [7, 11) is 0. The Bertz CT molecular complexity index is 1300. The molecule has 0 N–H and O–H groups in total. The number of oxime groups is 1. The number of imide groups is 1. The van der Waals surface area contributed by atoms with Gasteiger partial charge in [-0.15, -0.1) is 0 Å². The summed E-state index contributed by atoms with van der Waals surface area (Å²) < 4.78 is 44.9. The number of rotatable bonds is 4. The first-order valence-corrected chi connectivity index (χ1v) is 11.2. The molecule has 35 heavy (non-hydrogen) atoms. The monoisotopic (exact) mass is 481 g/mol. The maximum absolute atomic E-state index is 13.4. The summed E-state index contributed by atoms with van der Waals surface area (Å²) in [5.41, 5.74) is 0.506. The van der Waals surface area contributed by atoms with E-state index in [9.17, 15) is 22.8 Å². The van der Waals surface area contributed by atoms with Crippen molar-refractivity contribution < 1.29 is 32.3 Å². The molecule has 3 fully saturated rings. The molecule has 0 spiro atoms. The molecule has 178 valence electrons. The van der Waals surface area contributed by atoms with Gasteiger partial charge in [-0.05, 0) is 54.8 Å². The summed E-state index contributed by atoms with van der Waals surface area (Å²) in [6.07, 6.45) is -4.31. The Kier molecular flexibility index (Phi) is 4.68. The zero-order valence-electron chi connectivity index (χ0n) is 18.1. The van der Waals surface area contributed by atoms with Gasteiger partial charge >= 0.3 is 6.18 Å². The highest BCUT2D eigenvalue weighted by Gasteiger charge is 2.70. The van der Waals surface area contributed by atoms with Gasteiger partial charge in [0, 0.05) is 17.4 Å². The first-order chi connectivity index (χ1) is 16.8. The largest absolute Gasteiger partial charge is 0.479 e. The third-order valence-electron chi connectivity index (χ3n) is 7.58. The quantitative estimate of drug-likeness (QED) is 0.620. The molecule has 0 radical (unpaired) electrons. The lowest BCUT2D eigenvalue weighted by molar-refractivity contribution is -0.137. The van der Waals surface area contributed by atoms with Crippen LogP contribution in [-0.2, 0) is 20.6 Å². The van der Waals surface area contributed by atoms with Crippen LogP contribution in [0.15, 0.2) is 53.7 Å². The molecule has 2 amide bonds. The number of carbonyl (C=O) groups excluding carboxylic acids is 2. The van der Waals surface area contributed by atoms with E-state index in [1.54, 1.807) is 24.3 Å². The number of alkyl halides is 3. The number of fused-ring (bicyclic) bond motifs is 8. The molecule has 2 aromatic carbocycles. The number of anilines is 1. The lowest BCUT2D eigenvalue weighted by Gasteiger charge is -2.29. The minimum absolute atomic E-state index is 0.0587. The van der Waals surface area contributed by atoms with Gasteiger partial charge in [-0.2, -0.15) is 18.4 Å². The van der Waals surface area contributed by atoms with E-state index in [1.165, 1.54) is 12.1 Å². The molecule has 2 aliphatic heterocycles. The first kappa shape index (κ1) is 21.6. The van der Waals surface area contributed by atoms with Crippen LogP contribution in [0.3, 0.4) is 0 Å². The molecule has 2 heterocycles. The average molecular weight is 481 g/mol. The summed E-state index contributed by atoms with van der Waals surface area (Å²) in [4.78, 5) is 33.4. The van der Waals surface area contributed by atoms with Crippen LogP contribution in [0.2, 0.25) is 0 Å². The Labute approximate surface area is 197 Å². The average Bonchev–Trinajstić information content (AvgIpc) is 3.58. The van der Waals surface area contributed by atoms with Gasteiger partial charge in [0.05, 0.1) is 28.8 Å². The fourth-order valence-electron chi connectivity index (χ4n) is 6.28. The van der Waals surface area contributed by atoms with Gasteiger partial charge in [-0.25, -0.2) is 0 Å². The Morgan fingerprint density at radius 3 is 2.46 bits per heavy atom. The number of nitriles is 1. The molecule has 6 rings (SSSR count). The number of hydrogen-bond acceptors (Lipinski definition) is 6. The summed E-state index contributed by atoms with van der Waals surface area (Å²) in [6.45, 7) is -0.0700. The van der Waals surface area contributed by atoms with Crippen LogP contribution in [0, 0.1) is 40.9 Å². The van der Waals surface area contributed by atoms with E-state index < -0.39 is 35.4 Å². The maximum Gasteiger partial charge on any atom is 0.416 e. The molecule has 10 heteroatoms. The molecule has 2 aliphatic carbocycles. The Hall–Kier alpha value is -3.87. The second-order valence-corrected chi connectivity index (χ2v) is 9.22. The van der Waals surface area contributed by atoms with Crippen LogP contribution in [0.5, 0.6) is 5.75 Å². The molecule has 7 nitrogen and oxygen atoms in total. The lowest BCUT2D eigenvalue weighted by Crippen LogP contribution is -2.41. The minimum Gasteiger partial charge on any atom is -0.479 e. The van der Waals surface area contributed by atoms with Gasteiger partial charge in [0.2, 0.25) is 11.8 Å². The number of halogens is 3. The Balaban J connectivity index is 1.28. The number of benzene rings is 2. The Morgan fingerprint density at radius 2 is 1.77 bits per heavy atom. The van der Waals surface area contributed by atoms with Crippen molar-refractivity contribution in [3.63, 3.8) is 0 Å². The van der Waals surface area contributed by atoms with Crippen LogP contribution >= 0.6 is 0 Å². The van der Waals surface area contributed by atoms with Gasteiger partial charge in [-0.1, -0.05) is 11.2 Å². The third kappa shape index (κ3) is 3.14. The van der Waals surface area contributed by atoms with Gasteiger partial charge in [-0.3, -0.25) is 14.5 Å². The standard InChI is InChI=1S/C25H18F3N3O4/c26-25(27,28)13-2-1-3-14(10-13)31-23(32)18-16-11-17(19(18)24(31)33)22-20(16)21(30-35-22)12-4-6-15(7-5-12)34-9-8-29/h1-7,10,16-20,22H,9,11H2/t16-,17+,18+,19-,20+,22+/m1/s1. The molecule has 2 bridgehead atoms. The number of nitrogens with zero attached hydrogens (tertiary/aromatic N) is 3. The van der Waals surface area contributed by atoms with Crippen molar-refractivity contribution >= 4 is 23.2 Å². The van der Waals surface area contributed by atoms with E-state index in [4.69, 9.17) is 14.8 Å². The van der Waals surface area contributed by atoms with Crippen molar-refractivity contribution in [1.29, 1.82) is 5.26 Å². The second-order valence-electron chi connectivity index (χ2n) is 9.22. The molecular weight excluding hydrogens is 463 g/mol. The highest BCUT2D eigenvalue weighted by atomic mass is 19.4. The van der Waals surface area contributed by atoms with Gasteiger partial charge in [0.15, 0.2) is 6.61 Å². The molecule has 0 unspecified atom stereocenters. The van der Waals surface area contributed by atoms with E-state index in [0.29, 0.717) is 17.9 Å². The van der Waals surface area contributed by atoms with Gasteiger partial charge in [0.25, 0.3) is 0 Å². The fourth-order valence-corrected chi connectivity index (χ4v) is 6.28. The predicted molar refractivity (Wildman–Crippen MR) is 115 cm³/mol. The molecule has 0 aromatic heterocycles. The highest BCUT2D eigenvalue weighted by molar-refractivity contribution is 6.23. The van der Waals surface area contributed by atoms with Crippen LogP contribution in [0.25, 0.3) is 0 Å². The van der Waals surface area contributed by atoms with Crippen LogP contribution in [0.1, 0.15) is 17.5 Å². The van der Waals surface area contributed by atoms with E-state index in [1.807, 2.05) is 6.07 Å². The number of ether oxygens (including phenoxy) is 1. The molecule has 4 aliphatic rings. The summed E-state index contributed by atoms with van der Waals surface area (Å²) >= 11 is 0. The third-order valence-corrected chi connectivity index (χ3v) is 7.58. The minimum atomic E-state index is -4.58. The normalized spacial score (nSPS) is 30.6. The topological polar surface area (TPSA) is 92.0 Å². The molecule has 2 saturated carbocycles. The van der Waals surface area contributed by atoms with Crippen molar-refractivity contribution in [2.24, 2.45) is 34.7 Å². The van der Waals surface area contributed by atoms with E-state index in [2.05, 4.69) is 5.16 Å². The zero-order valence-corrected chi connectivity index (χ0v) is 18.1. The van der Waals surface area contributed by atoms with Crippen LogP contribution < -0.4 is 9.64 Å². The van der Waals surface area contributed by atoms with Crippen LogP contribution in [0.4, 0.5) is 18.9 Å². The van der Waals surface area contributed by atoms with E-state index >= 15 is 0 Å². The molecular formula is C25H18F3N3O4. The van der Waals surface area contributed by atoms with Gasteiger partial charge < -0.3 is 9.57 Å². The van der Waals surface area contributed by atoms with E-state index in [0.717, 1.165) is 22.6 Å². The van der Waals surface area contributed by atoms with Gasteiger partial charge in [0.1, 0.15) is 17.9 Å². The second kappa shape index (κ2) is 7.57. The summed E-state index contributed by atoms with van der Waals surface area (Å²) in [6, 6.07) is 13.3. The molecule has 1 saturated heterocycles. The smallest absolute Gasteiger partial charge is 0.416 e. The number of hydrogen-bond donors (Lipinski definition) is 0. The maximum atomic E-state index is 13.4. The highest BCUT2D eigenvalue weighted by Crippen LogP contribution is 2.62.